The lowest BCUT2D eigenvalue weighted by atomic mass is 9.75. The Hall–Kier alpha value is -3.35. The molecule has 1 atom stereocenters. The number of hydrogen-bond donors (Lipinski definition) is 2. The fraction of sp³-hybridized carbons (Fsp3) is 0.423. The molecule has 0 aliphatic heterocycles. The lowest BCUT2D eigenvalue weighted by Crippen LogP contribution is -2.63. The van der Waals surface area contributed by atoms with Gasteiger partial charge in [-0.3, -0.25) is 4.79 Å². The molecule has 1 saturated carbocycles. The summed E-state index contributed by atoms with van der Waals surface area (Å²) in [5.74, 6) is -1.47. The van der Waals surface area contributed by atoms with Crippen molar-refractivity contribution in [3.8, 4) is 11.1 Å². The van der Waals surface area contributed by atoms with E-state index in [-0.39, 0.29) is 12.5 Å². The first-order valence-corrected chi connectivity index (χ1v) is 11.5. The van der Waals surface area contributed by atoms with Crippen molar-refractivity contribution in [3.63, 3.8) is 0 Å². The molecule has 2 N–H and O–H groups in total. The molecule has 174 valence electrons. The highest BCUT2D eigenvalue weighted by atomic mass is 16.5. The number of alkyl carbamates (subject to hydrolysis) is 1. The standard InChI is InChI=1S/C26H30N2O5/c1-3-9-22(23(29)28(2)26(24(30)31)14-8-15-26)27-25(32)33-16-21-19-12-6-4-10-17(19)18-11-5-7-13-20(18)21/h4-7,10-13,21-22H,3,8-9,14-16H2,1-2H3,(H,27,32)(H,30,31)/t22-/m1/s1. The van der Waals surface area contributed by atoms with E-state index in [0.717, 1.165) is 28.7 Å². The third kappa shape index (κ3) is 4.08. The molecule has 1 fully saturated rings. The lowest BCUT2D eigenvalue weighted by molar-refractivity contribution is -0.165. The van der Waals surface area contributed by atoms with Gasteiger partial charge in [0.2, 0.25) is 5.91 Å². The van der Waals surface area contributed by atoms with Gasteiger partial charge in [0.1, 0.15) is 18.2 Å². The molecule has 7 nitrogen and oxygen atoms in total. The average molecular weight is 451 g/mol. The molecule has 2 amide bonds. The van der Waals surface area contributed by atoms with Crippen LogP contribution in [0.4, 0.5) is 4.79 Å². The number of benzene rings is 2. The number of carbonyl (C=O) groups excluding carboxylic acids is 2. The second-order valence-electron chi connectivity index (χ2n) is 8.90. The first-order chi connectivity index (χ1) is 15.9. The maximum absolute atomic E-state index is 13.1. The molecule has 2 aromatic rings. The maximum Gasteiger partial charge on any atom is 0.407 e. The highest BCUT2D eigenvalue weighted by Gasteiger charge is 2.50. The van der Waals surface area contributed by atoms with Gasteiger partial charge in [0.25, 0.3) is 0 Å². The molecule has 0 unspecified atom stereocenters. The van der Waals surface area contributed by atoms with E-state index in [1.165, 1.54) is 11.9 Å². The topological polar surface area (TPSA) is 95.9 Å². The van der Waals surface area contributed by atoms with Crippen LogP contribution in [0.5, 0.6) is 0 Å². The molecule has 0 spiro atoms. The number of likely N-dealkylation sites (N-methyl/N-ethyl adjacent to an activating group) is 1. The molecule has 0 bridgehead atoms. The smallest absolute Gasteiger partial charge is 0.407 e. The van der Waals surface area contributed by atoms with E-state index >= 15 is 0 Å². The molecule has 0 saturated heterocycles. The van der Waals surface area contributed by atoms with Crippen molar-refractivity contribution >= 4 is 18.0 Å². The molecular weight excluding hydrogens is 420 g/mol. The fourth-order valence-electron chi connectivity index (χ4n) is 4.98. The van der Waals surface area contributed by atoms with Crippen LogP contribution in [0.1, 0.15) is 56.1 Å². The van der Waals surface area contributed by atoms with E-state index in [1.54, 1.807) is 0 Å². The number of hydrogen-bond acceptors (Lipinski definition) is 4. The van der Waals surface area contributed by atoms with E-state index in [1.807, 2.05) is 43.3 Å². The minimum absolute atomic E-state index is 0.0728. The number of fused-ring (bicyclic) bond motifs is 3. The Kier molecular flexibility index (Phi) is 6.40. The lowest BCUT2D eigenvalue weighted by Gasteiger charge is -2.45. The van der Waals surface area contributed by atoms with Gasteiger partial charge in [-0.1, -0.05) is 61.9 Å². The number of aliphatic carboxylic acids is 1. The summed E-state index contributed by atoms with van der Waals surface area (Å²) in [4.78, 5) is 38.9. The Labute approximate surface area is 193 Å². The van der Waals surface area contributed by atoms with Crippen LogP contribution in [-0.4, -0.2) is 53.2 Å². The van der Waals surface area contributed by atoms with Gasteiger partial charge in [0.15, 0.2) is 0 Å². The van der Waals surface area contributed by atoms with Gasteiger partial charge in [0.05, 0.1) is 0 Å². The second kappa shape index (κ2) is 9.25. The molecule has 2 aromatic carbocycles. The maximum atomic E-state index is 13.1. The van der Waals surface area contributed by atoms with Crippen molar-refractivity contribution in [3.05, 3.63) is 59.7 Å². The highest BCUT2D eigenvalue weighted by molar-refractivity contribution is 5.91. The number of amides is 2. The average Bonchev–Trinajstić information content (AvgIpc) is 3.09. The Bertz CT molecular complexity index is 1020. The molecular formula is C26H30N2O5. The number of carboxylic acid groups (broad SMARTS) is 1. The number of nitrogens with one attached hydrogen (secondary N) is 1. The minimum Gasteiger partial charge on any atom is -0.479 e. The number of ether oxygens (including phenoxy) is 1. The van der Waals surface area contributed by atoms with Crippen molar-refractivity contribution < 1.29 is 24.2 Å². The zero-order chi connectivity index (χ0) is 23.6. The molecule has 7 heteroatoms. The monoisotopic (exact) mass is 450 g/mol. The molecule has 0 heterocycles. The number of carboxylic acids is 1. The van der Waals surface area contributed by atoms with Gasteiger partial charge in [-0.2, -0.15) is 0 Å². The van der Waals surface area contributed by atoms with Gasteiger partial charge in [-0.15, -0.1) is 0 Å². The van der Waals surface area contributed by atoms with Crippen molar-refractivity contribution in [2.75, 3.05) is 13.7 Å². The van der Waals surface area contributed by atoms with Crippen molar-refractivity contribution in [1.29, 1.82) is 0 Å². The first kappa shape index (κ1) is 22.8. The van der Waals surface area contributed by atoms with Crippen LogP contribution in [0, 0.1) is 0 Å². The summed E-state index contributed by atoms with van der Waals surface area (Å²) in [5.41, 5.74) is 3.33. The zero-order valence-electron chi connectivity index (χ0n) is 19.0. The van der Waals surface area contributed by atoms with Crippen molar-refractivity contribution in [1.82, 2.24) is 10.2 Å². The predicted molar refractivity (Wildman–Crippen MR) is 124 cm³/mol. The normalized spacial score (nSPS) is 16.7. The Morgan fingerprint density at radius 1 is 1.09 bits per heavy atom. The highest BCUT2D eigenvalue weighted by Crippen LogP contribution is 2.44. The summed E-state index contributed by atoms with van der Waals surface area (Å²) in [7, 11) is 1.51. The molecule has 0 radical (unpaired) electrons. The number of nitrogens with zero attached hydrogens (tertiary/aromatic N) is 1. The molecule has 33 heavy (non-hydrogen) atoms. The largest absolute Gasteiger partial charge is 0.479 e. The fourth-order valence-corrected chi connectivity index (χ4v) is 4.98. The summed E-state index contributed by atoms with van der Waals surface area (Å²) in [5, 5.41) is 12.3. The number of carbonyl (C=O) groups is 3. The molecule has 2 aliphatic rings. The van der Waals surface area contributed by atoms with Gasteiger partial charge in [-0.05, 0) is 47.9 Å². The van der Waals surface area contributed by atoms with Crippen LogP contribution in [0.3, 0.4) is 0 Å². The van der Waals surface area contributed by atoms with Gasteiger partial charge in [-0.25, -0.2) is 9.59 Å². The van der Waals surface area contributed by atoms with Gasteiger partial charge < -0.3 is 20.1 Å². The summed E-state index contributed by atoms with van der Waals surface area (Å²) < 4.78 is 5.58. The van der Waals surface area contributed by atoms with Crippen LogP contribution < -0.4 is 5.32 Å². The first-order valence-electron chi connectivity index (χ1n) is 11.5. The van der Waals surface area contributed by atoms with Crippen LogP contribution >= 0.6 is 0 Å². The quantitative estimate of drug-likeness (QED) is 0.630. The van der Waals surface area contributed by atoms with E-state index in [0.29, 0.717) is 25.7 Å². The van der Waals surface area contributed by atoms with Crippen LogP contribution in [-0.2, 0) is 14.3 Å². The SMILES string of the molecule is CCC[C@@H](NC(=O)OCC1c2ccccc2-c2ccccc21)C(=O)N(C)C1(C(=O)O)CCC1. The molecule has 4 rings (SSSR count). The Morgan fingerprint density at radius 3 is 2.15 bits per heavy atom. The van der Waals surface area contributed by atoms with E-state index in [2.05, 4.69) is 17.4 Å². The summed E-state index contributed by atoms with van der Waals surface area (Å²) >= 11 is 0. The Balaban J connectivity index is 1.43. The zero-order valence-corrected chi connectivity index (χ0v) is 19.0. The van der Waals surface area contributed by atoms with Crippen LogP contribution in [0.2, 0.25) is 0 Å². The summed E-state index contributed by atoms with van der Waals surface area (Å²) in [6, 6.07) is 15.3. The third-order valence-electron chi connectivity index (χ3n) is 7.06. The minimum atomic E-state index is -1.17. The predicted octanol–water partition coefficient (Wildman–Crippen LogP) is 4.16. The van der Waals surface area contributed by atoms with Crippen molar-refractivity contribution in [2.24, 2.45) is 0 Å². The van der Waals surface area contributed by atoms with Crippen molar-refractivity contribution in [2.45, 2.75) is 56.5 Å². The number of rotatable bonds is 8. The Morgan fingerprint density at radius 2 is 1.67 bits per heavy atom. The third-order valence-corrected chi connectivity index (χ3v) is 7.06. The van der Waals surface area contributed by atoms with E-state index in [9.17, 15) is 19.5 Å². The molecule has 0 aromatic heterocycles. The van der Waals surface area contributed by atoms with E-state index < -0.39 is 29.6 Å². The second-order valence-corrected chi connectivity index (χ2v) is 8.90. The van der Waals surface area contributed by atoms with Crippen LogP contribution in [0.15, 0.2) is 48.5 Å². The van der Waals surface area contributed by atoms with Gasteiger partial charge >= 0.3 is 12.1 Å². The van der Waals surface area contributed by atoms with Gasteiger partial charge in [0, 0.05) is 13.0 Å². The van der Waals surface area contributed by atoms with Crippen LogP contribution in [0.25, 0.3) is 11.1 Å². The molecule has 2 aliphatic carbocycles. The summed E-state index contributed by atoms with van der Waals surface area (Å²) in [6.07, 6.45) is 2.01. The van der Waals surface area contributed by atoms with E-state index in [4.69, 9.17) is 4.74 Å². The summed E-state index contributed by atoms with van der Waals surface area (Å²) in [6.45, 7) is 2.07.